The largest absolute Gasteiger partial charge is 0.185 e. The lowest BCUT2D eigenvalue weighted by Crippen LogP contribution is -2.21. The molecule has 0 aromatic rings. The zero-order chi connectivity index (χ0) is 9.73. The van der Waals surface area contributed by atoms with Crippen molar-refractivity contribution >= 4 is 22.9 Å². The van der Waals surface area contributed by atoms with Crippen LogP contribution >= 0.6 is 0 Å². The van der Waals surface area contributed by atoms with Crippen LogP contribution in [0.25, 0.3) is 0 Å². The lowest BCUT2D eigenvalue weighted by molar-refractivity contribution is 1.73. The van der Waals surface area contributed by atoms with Crippen molar-refractivity contribution in [2.45, 2.75) is 46.1 Å². The van der Waals surface area contributed by atoms with Crippen molar-refractivity contribution in [3.63, 3.8) is 0 Å². The Balaban J connectivity index is 2.90. The molecule has 0 saturated carbocycles. The molecule has 0 spiro atoms. The van der Waals surface area contributed by atoms with Crippen molar-refractivity contribution in [2.24, 2.45) is 0 Å². The molecule has 0 amide bonds. The summed E-state index contributed by atoms with van der Waals surface area (Å²) in [5.74, 6) is 0. The fraction of sp³-hybridized carbons (Fsp3) is 0.778. The molecule has 68 valence electrons. The SMILES string of the molecule is CB1C([Si](C)(C)C)=C1[Si](C)(C)C. The van der Waals surface area contributed by atoms with E-state index in [0.29, 0.717) is 0 Å². The Labute approximate surface area is 79.5 Å². The van der Waals surface area contributed by atoms with Gasteiger partial charge < -0.3 is 0 Å². The van der Waals surface area contributed by atoms with Gasteiger partial charge in [0.25, 0.3) is 0 Å². The van der Waals surface area contributed by atoms with Crippen molar-refractivity contribution in [2.75, 3.05) is 0 Å². The molecule has 0 unspecified atom stereocenters. The molecule has 0 aromatic heterocycles. The summed E-state index contributed by atoms with van der Waals surface area (Å²) >= 11 is 0. The standard InChI is InChI=1S/C9H21BSi2/c1-10-8(11(2,3)4)9(10)12(5,6)7/h1-7H3. The van der Waals surface area contributed by atoms with Crippen molar-refractivity contribution < 1.29 is 0 Å². The van der Waals surface area contributed by atoms with E-state index in [1.54, 1.807) is 0 Å². The Bertz CT molecular complexity index is 206. The van der Waals surface area contributed by atoms with E-state index in [9.17, 15) is 0 Å². The average Bonchev–Trinajstić information content (AvgIpc) is 2.35. The Morgan fingerprint density at radius 1 is 0.750 bits per heavy atom. The molecule has 1 aliphatic rings. The second-order valence-corrected chi connectivity index (χ2v) is 16.1. The maximum Gasteiger partial charge on any atom is 0.185 e. The first kappa shape index (κ1) is 10.3. The van der Waals surface area contributed by atoms with Crippen LogP contribution in [0.2, 0.25) is 46.1 Å². The van der Waals surface area contributed by atoms with Crippen molar-refractivity contribution in [3.8, 4) is 0 Å². The van der Waals surface area contributed by atoms with Gasteiger partial charge >= 0.3 is 0 Å². The van der Waals surface area contributed by atoms with E-state index in [1.807, 2.05) is 10.2 Å². The van der Waals surface area contributed by atoms with Gasteiger partial charge in [-0.1, -0.05) is 46.1 Å². The van der Waals surface area contributed by atoms with Gasteiger partial charge in [-0.15, -0.1) is 10.2 Å². The minimum absolute atomic E-state index is 0.892. The summed E-state index contributed by atoms with van der Waals surface area (Å²) in [5.41, 5.74) is 0. The first-order valence-electron chi connectivity index (χ1n) is 4.90. The van der Waals surface area contributed by atoms with Gasteiger partial charge in [0.15, 0.2) is 6.71 Å². The monoisotopic (exact) mass is 196 g/mol. The number of hydrogen-bond donors (Lipinski definition) is 0. The van der Waals surface area contributed by atoms with Gasteiger partial charge in [-0.3, -0.25) is 0 Å². The molecular weight excluding hydrogens is 175 g/mol. The van der Waals surface area contributed by atoms with Gasteiger partial charge in [-0.2, -0.15) is 0 Å². The minimum atomic E-state index is -0.945. The van der Waals surface area contributed by atoms with Crippen LogP contribution in [-0.4, -0.2) is 22.9 Å². The summed E-state index contributed by atoms with van der Waals surface area (Å²) in [6.45, 7) is 18.2. The van der Waals surface area contributed by atoms with Gasteiger partial charge in [0, 0.05) is 0 Å². The Morgan fingerprint density at radius 2 is 1.00 bits per heavy atom. The molecule has 1 rings (SSSR count). The van der Waals surface area contributed by atoms with Crippen molar-refractivity contribution in [3.05, 3.63) is 10.2 Å². The Kier molecular flexibility index (Phi) is 2.25. The third-order valence-electron chi connectivity index (χ3n) is 2.69. The maximum absolute atomic E-state index is 2.48. The summed E-state index contributed by atoms with van der Waals surface area (Å²) in [6, 6.07) is 0. The lowest BCUT2D eigenvalue weighted by atomic mass is 9.70. The van der Waals surface area contributed by atoms with Crippen molar-refractivity contribution in [1.29, 1.82) is 0 Å². The molecule has 12 heavy (non-hydrogen) atoms. The molecule has 0 fully saturated rings. The molecule has 0 saturated heterocycles. The fourth-order valence-corrected chi connectivity index (χ4v) is 9.63. The minimum Gasteiger partial charge on any atom is -0.119 e. The molecule has 0 atom stereocenters. The summed E-state index contributed by atoms with van der Waals surface area (Å²) in [6.07, 6.45) is 0. The van der Waals surface area contributed by atoms with Crippen LogP contribution in [0.5, 0.6) is 0 Å². The average molecular weight is 196 g/mol. The van der Waals surface area contributed by atoms with Crippen molar-refractivity contribution in [1.82, 2.24) is 0 Å². The lowest BCUT2D eigenvalue weighted by Gasteiger charge is -2.14. The highest BCUT2D eigenvalue weighted by Crippen LogP contribution is 2.42. The van der Waals surface area contributed by atoms with Gasteiger partial charge in [0.2, 0.25) is 0 Å². The van der Waals surface area contributed by atoms with E-state index in [1.165, 1.54) is 0 Å². The Hall–Kier alpha value is 0.239. The molecule has 0 aliphatic carbocycles. The molecule has 0 bridgehead atoms. The maximum atomic E-state index is 2.48. The first-order valence-corrected chi connectivity index (χ1v) is 11.9. The smallest absolute Gasteiger partial charge is 0.119 e. The number of rotatable bonds is 2. The molecule has 0 aromatic carbocycles. The second kappa shape index (κ2) is 2.61. The zero-order valence-electron chi connectivity index (χ0n) is 9.58. The molecule has 1 aliphatic heterocycles. The van der Waals surface area contributed by atoms with E-state index in [-0.39, 0.29) is 0 Å². The fourth-order valence-electron chi connectivity index (χ4n) is 2.44. The van der Waals surface area contributed by atoms with E-state index >= 15 is 0 Å². The summed E-state index contributed by atoms with van der Waals surface area (Å²) < 4.78 is 0. The number of hydrogen-bond acceptors (Lipinski definition) is 0. The predicted molar refractivity (Wildman–Crippen MR) is 65.3 cm³/mol. The van der Waals surface area contributed by atoms with Crippen LogP contribution in [0.4, 0.5) is 0 Å². The van der Waals surface area contributed by atoms with Crippen LogP contribution in [-0.2, 0) is 0 Å². The summed E-state index contributed by atoms with van der Waals surface area (Å²) in [5, 5.41) is 3.78. The molecule has 1 heterocycles. The Morgan fingerprint density at radius 3 is 1.08 bits per heavy atom. The van der Waals surface area contributed by atoms with Gasteiger partial charge in [0.1, 0.15) is 0 Å². The van der Waals surface area contributed by atoms with E-state index < -0.39 is 16.1 Å². The predicted octanol–water partition coefficient (Wildman–Crippen LogP) is 3.25. The first-order chi connectivity index (χ1) is 5.15. The topological polar surface area (TPSA) is 0 Å². The van der Waals surface area contributed by atoms with E-state index in [4.69, 9.17) is 0 Å². The van der Waals surface area contributed by atoms with Crippen LogP contribution in [0, 0.1) is 0 Å². The highest BCUT2D eigenvalue weighted by atomic mass is 28.3. The molecule has 0 nitrogen and oxygen atoms in total. The van der Waals surface area contributed by atoms with Gasteiger partial charge in [-0.25, -0.2) is 0 Å². The summed E-state index contributed by atoms with van der Waals surface area (Å²) in [4.78, 5) is 0. The molecule has 3 heteroatoms. The molecule has 0 N–H and O–H groups in total. The van der Waals surface area contributed by atoms with Crippen LogP contribution in [0.15, 0.2) is 10.2 Å². The van der Waals surface area contributed by atoms with Crippen LogP contribution in [0.1, 0.15) is 0 Å². The molecular formula is C9H21BSi2. The van der Waals surface area contributed by atoms with Crippen LogP contribution in [0.3, 0.4) is 0 Å². The van der Waals surface area contributed by atoms with Gasteiger partial charge in [0.05, 0.1) is 16.1 Å². The van der Waals surface area contributed by atoms with Gasteiger partial charge in [-0.05, 0) is 0 Å². The second-order valence-electron chi connectivity index (χ2n) is 6.05. The summed E-state index contributed by atoms with van der Waals surface area (Å²) in [7, 11) is -1.89. The highest BCUT2D eigenvalue weighted by Gasteiger charge is 2.47. The highest BCUT2D eigenvalue weighted by molar-refractivity contribution is 7.19. The van der Waals surface area contributed by atoms with E-state index in [2.05, 4.69) is 46.1 Å². The third kappa shape index (κ3) is 1.77. The molecule has 0 radical (unpaired) electrons. The van der Waals surface area contributed by atoms with Crippen LogP contribution < -0.4 is 0 Å². The third-order valence-corrected chi connectivity index (χ3v) is 7.58. The van der Waals surface area contributed by atoms with E-state index in [0.717, 1.165) is 6.71 Å². The normalized spacial score (nSPS) is 18.8. The zero-order valence-corrected chi connectivity index (χ0v) is 11.6. The quantitative estimate of drug-likeness (QED) is 0.595.